The predicted octanol–water partition coefficient (Wildman–Crippen LogP) is 2.66. The van der Waals surface area contributed by atoms with E-state index in [9.17, 15) is 4.79 Å². The van der Waals surface area contributed by atoms with E-state index >= 15 is 0 Å². The van der Waals surface area contributed by atoms with Gasteiger partial charge >= 0.3 is 0 Å². The summed E-state index contributed by atoms with van der Waals surface area (Å²) in [4.78, 5) is 11.2. The first kappa shape index (κ1) is 15.5. The van der Waals surface area contributed by atoms with Crippen molar-refractivity contribution in [2.75, 3.05) is 11.9 Å². The van der Waals surface area contributed by atoms with E-state index < -0.39 is 5.91 Å². The van der Waals surface area contributed by atoms with Gasteiger partial charge in [0.25, 0.3) is 0 Å². The number of carbonyl (C=O) groups excluding carboxylic acids is 1. The molecule has 110 valence electrons. The third-order valence-corrected chi connectivity index (χ3v) is 3.84. The van der Waals surface area contributed by atoms with Crippen molar-refractivity contribution in [2.24, 2.45) is 11.5 Å². The number of nitrogens with two attached hydrogens (primary N) is 2. The molecule has 0 aliphatic heterocycles. The summed E-state index contributed by atoms with van der Waals surface area (Å²) in [6.07, 6.45) is 0.898. The molecule has 1 amide bonds. The topological polar surface area (TPSA) is 81.1 Å². The standard InChI is InChI=1S/C16H18BrN3O/c17-15-9-13(5-6-14(15)16(19)21)20-10-12-3-1-11(2-4-12)7-8-18/h1-6,9,20H,7-8,10,18H2,(H2,19,21). The first-order valence-electron chi connectivity index (χ1n) is 6.71. The van der Waals surface area contributed by atoms with E-state index in [4.69, 9.17) is 11.5 Å². The quantitative estimate of drug-likeness (QED) is 0.751. The maximum absolute atomic E-state index is 11.2. The number of halogens is 1. The van der Waals surface area contributed by atoms with E-state index in [1.165, 1.54) is 11.1 Å². The molecule has 0 saturated heterocycles. The fourth-order valence-electron chi connectivity index (χ4n) is 2.02. The summed E-state index contributed by atoms with van der Waals surface area (Å²) >= 11 is 3.35. The van der Waals surface area contributed by atoms with Gasteiger partial charge < -0.3 is 16.8 Å². The van der Waals surface area contributed by atoms with Crippen LogP contribution in [0.25, 0.3) is 0 Å². The van der Waals surface area contributed by atoms with Gasteiger partial charge in [-0.1, -0.05) is 24.3 Å². The van der Waals surface area contributed by atoms with Crippen LogP contribution in [0.5, 0.6) is 0 Å². The van der Waals surface area contributed by atoms with Crippen LogP contribution >= 0.6 is 15.9 Å². The molecule has 0 spiro atoms. The normalized spacial score (nSPS) is 10.4. The molecule has 2 rings (SSSR count). The number of hydrogen-bond donors (Lipinski definition) is 3. The number of amides is 1. The van der Waals surface area contributed by atoms with E-state index in [2.05, 4.69) is 45.5 Å². The zero-order valence-electron chi connectivity index (χ0n) is 11.6. The molecule has 0 aromatic heterocycles. The van der Waals surface area contributed by atoms with Crippen LogP contribution in [0.1, 0.15) is 21.5 Å². The van der Waals surface area contributed by atoms with Gasteiger partial charge in [0, 0.05) is 16.7 Å². The highest BCUT2D eigenvalue weighted by Gasteiger charge is 2.06. The van der Waals surface area contributed by atoms with Gasteiger partial charge in [0.15, 0.2) is 0 Å². The summed E-state index contributed by atoms with van der Waals surface area (Å²) in [7, 11) is 0. The van der Waals surface area contributed by atoms with Crippen LogP contribution in [-0.4, -0.2) is 12.5 Å². The lowest BCUT2D eigenvalue weighted by Gasteiger charge is -2.09. The van der Waals surface area contributed by atoms with E-state index in [0.29, 0.717) is 23.1 Å². The number of carbonyl (C=O) groups is 1. The largest absolute Gasteiger partial charge is 0.381 e. The fourth-order valence-corrected chi connectivity index (χ4v) is 2.59. The molecule has 0 aliphatic carbocycles. The Bertz CT molecular complexity index is 626. The molecule has 0 unspecified atom stereocenters. The van der Waals surface area contributed by atoms with Gasteiger partial charge in [-0.3, -0.25) is 4.79 Å². The average Bonchev–Trinajstić information content (AvgIpc) is 2.46. The molecule has 0 fully saturated rings. The molecule has 2 aromatic carbocycles. The molecule has 2 aromatic rings. The Labute approximate surface area is 132 Å². The van der Waals surface area contributed by atoms with Crippen LogP contribution in [0, 0.1) is 0 Å². The smallest absolute Gasteiger partial charge is 0.249 e. The second-order valence-electron chi connectivity index (χ2n) is 4.77. The van der Waals surface area contributed by atoms with Crippen LogP contribution in [0.3, 0.4) is 0 Å². The van der Waals surface area contributed by atoms with Crippen molar-refractivity contribution in [1.82, 2.24) is 0 Å². The first-order valence-corrected chi connectivity index (χ1v) is 7.50. The summed E-state index contributed by atoms with van der Waals surface area (Å²) in [5.41, 5.74) is 14.6. The lowest BCUT2D eigenvalue weighted by molar-refractivity contribution is 0.0999. The average molecular weight is 348 g/mol. The maximum atomic E-state index is 11.2. The minimum absolute atomic E-state index is 0.441. The highest BCUT2D eigenvalue weighted by molar-refractivity contribution is 9.10. The van der Waals surface area contributed by atoms with Crippen molar-refractivity contribution >= 4 is 27.5 Å². The molecule has 0 saturated carbocycles. The van der Waals surface area contributed by atoms with Crippen LogP contribution in [0.15, 0.2) is 46.9 Å². The zero-order chi connectivity index (χ0) is 15.2. The predicted molar refractivity (Wildman–Crippen MR) is 89.2 cm³/mol. The highest BCUT2D eigenvalue weighted by Crippen LogP contribution is 2.21. The highest BCUT2D eigenvalue weighted by atomic mass is 79.9. The van der Waals surface area contributed by atoms with Crippen LogP contribution in [-0.2, 0) is 13.0 Å². The van der Waals surface area contributed by atoms with Crippen molar-refractivity contribution in [1.29, 1.82) is 0 Å². The Kier molecular flexibility index (Phi) is 5.36. The minimum Gasteiger partial charge on any atom is -0.381 e. The van der Waals surface area contributed by atoms with Gasteiger partial charge in [-0.05, 0) is 58.2 Å². The maximum Gasteiger partial charge on any atom is 0.249 e. The van der Waals surface area contributed by atoms with Gasteiger partial charge in [0.05, 0.1) is 5.56 Å². The van der Waals surface area contributed by atoms with Gasteiger partial charge in [0.2, 0.25) is 5.91 Å². The van der Waals surface area contributed by atoms with E-state index in [-0.39, 0.29) is 0 Å². The summed E-state index contributed by atoms with van der Waals surface area (Å²) in [5, 5.41) is 3.31. The summed E-state index contributed by atoms with van der Waals surface area (Å²) in [6.45, 7) is 1.38. The number of rotatable bonds is 6. The number of nitrogens with one attached hydrogen (secondary N) is 1. The number of benzene rings is 2. The van der Waals surface area contributed by atoms with Crippen LogP contribution in [0.4, 0.5) is 5.69 Å². The Hall–Kier alpha value is -1.85. The van der Waals surface area contributed by atoms with E-state index in [1.807, 2.05) is 12.1 Å². The molecule has 0 bridgehead atoms. The number of hydrogen-bond acceptors (Lipinski definition) is 3. The zero-order valence-corrected chi connectivity index (χ0v) is 13.2. The van der Waals surface area contributed by atoms with Crippen LogP contribution in [0.2, 0.25) is 0 Å². The molecule has 0 aliphatic rings. The molecule has 0 atom stereocenters. The van der Waals surface area contributed by atoms with Gasteiger partial charge in [-0.15, -0.1) is 0 Å². The van der Waals surface area contributed by atoms with Gasteiger partial charge in [-0.25, -0.2) is 0 Å². The first-order chi connectivity index (χ1) is 10.1. The van der Waals surface area contributed by atoms with E-state index in [0.717, 1.165) is 12.1 Å². The molecule has 0 radical (unpaired) electrons. The van der Waals surface area contributed by atoms with Crippen molar-refractivity contribution in [3.63, 3.8) is 0 Å². The second kappa shape index (κ2) is 7.24. The molecule has 4 nitrogen and oxygen atoms in total. The number of anilines is 1. The Morgan fingerprint density at radius 3 is 2.33 bits per heavy atom. The summed E-state index contributed by atoms with van der Waals surface area (Å²) in [6, 6.07) is 13.8. The molecular formula is C16H18BrN3O. The SMILES string of the molecule is NCCc1ccc(CNc2ccc(C(N)=O)c(Br)c2)cc1. The number of primary amides is 1. The van der Waals surface area contributed by atoms with Crippen molar-refractivity contribution < 1.29 is 4.79 Å². The van der Waals surface area contributed by atoms with Crippen molar-refractivity contribution in [2.45, 2.75) is 13.0 Å². The Balaban J connectivity index is 1.99. The molecule has 0 heterocycles. The summed E-state index contributed by atoms with van der Waals surface area (Å²) in [5.74, 6) is -0.441. The van der Waals surface area contributed by atoms with Crippen molar-refractivity contribution in [3.05, 3.63) is 63.6 Å². The van der Waals surface area contributed by atoms with Crippen LogP contribution < -0.4 is 16.8 Å². The summed E-state index contributed by atoms with van der Waals surface area (Å²) < 4.78 is 0.693. The molecule has 5 N–H and O–H groups in total. The van der Waals surface area contributed by atoms with Gasteiger partial charge in [-0.2, -0.15) is 0 Å². The second-order valence-corrected chi connectivity index (χ2v) is 5.62. The molecule has 21 heavy (non-hydrogen) atoms. The third kappa shape index (κ3) is 4.31. The van der Waals surface area contributed by atoms with Crippen molar-refractivity contribution in [3.8, 4) is 0 Å². The molecular weight excluding hydrogens is 330 g/mol. The lowest BCUT2D eigenvalue weighted by atomic mass is 10.1. The third-order valence-electron chi connectivity index (χ3n) is 3.19. The lowest BCUT2D eigenvalue weighted by Crippen LogP contribution is -2.11. The fraction of sp³-hybridized carbons (Fsp3) is 0.188. The van der Waals surface area contributed by atoms with E-state index in [1.54, 1.807) is 6.07 Å². The minimum atomic E-state index is -0.441. The monoisotopic (exact) mass is 347 g/mol. The molecule has 5 heteroatoms. The Morgan fingerprint density at radius 2 is 1.76 bits per heavy atom. The Morgan fingerprint density at radius 1 is 1.10 bits per heavy atom. The van der Waals surface area contributed by atoms with Gasteiger partial charge in [0.1, 0.15) is 0 Å².